The minimum atomic E-state index is 0.400. The van der Waals surface area contributed by atoms with E-state index in [0.717, 1.165) is 27.9 Å². The van der Waals surface area contributed by atoms with Crippen LogP contribution in [0.4, 0.5) is 11.4 Å². The second-order valence-corrected chi connectivity index (χ2v) is 9.83. The number of anilines is 2. The van der Waals surface area contributed by atoms with Crippen molar-refractivity contribution in [3.8, 4) is 23.6 Å². The van der Waals surface area contributed by atoms with Crippen LogP contribution < -0.4 is 24.6 Å². The molecule has 0 aromatic heterocycles. The molecule has 0 amide bonds. The first kappa shape index (κ1) is 26.3. The second kappa shape index (κ2) is 13.0. The number of nitrogens with one attached hydrogen (secondary N) is 1. The zero-order valence-corrected chi connectivity index (χ0v) is 22.4. The minimum absolute atomic E-state index is 0.400. The van der Waals surface area contributed by atoms with Crippen molar-refractivity contribution in [1.82, 2.24) is 5.32 Å². The van der Waals surface area contributed by atoms with Crippen LogP contribution in [0.25, 0.3) is 0 Å². The molecule has 0 unspecified atom stereocenters. The zero-order chi connectivity index (χ0) is 26.0. The third-order valence-electron chi connectivity index (χ3n) is 5.57. The minimum Gasteiger partial charge on any atom is -0.494 e. The van der Waals surface area contributed by atoms with Crippen molar-refractivity contribution in [2.75, 3.05) is 48.1 Å². The van der Waals surface area contributed by atoms with Crippen LogP contribution >= 0.6 is 23.5 Å². The van der Waals surface area contributed by atoms with Crippen LogP contribution in [0.1, 0.15) is 13.8 Å². The van der Waals surface area contributed by atoms with E-state index in [2.05, 4.69) is 32.2 Å². The molecule has 4 rings (SSSR count). The summed E-state index contributed by atoms with van der Waals surface area (Å²) in [5, 5.41) is 24.4. The number of nitriles is 2. The zero-order valence-electron chi connectivity index (χ0n) is 20.8. The molecule has 0 bridgehead atoms. The highest BCUT2D eigenvalue weighted by Crippen LogP contribution is 2.30. The maximum Gasteiger partial charge on any atom is 0.119 e. The van der Waals surface area contributed by atoms with Crippen molar-refractivity contribution < 1.29 is 9.47 Å². The Morgan fingerprint density at radius 2 is 1.51 bits per heavy atom. The number of thioether (sulfide) groups is 2. The largest absolute Gasteiger partial charge is 0.494 e. The SMILES string of the molecule is CCOc1ccc(N2CN=C(C(C#N)=CC(C#N)=C3NCN(c4ccc(OCC)cc4)CS3)SC2)cc1. The third-order valence-corrected chi connectivity index (χ3v) is 7.72. The van der Waals surface area contributed by atoms with E-state index >= 15 is 0 Å². The highest BCUT2D eigenvalue weighted by atomic mass is 32.2. The van der Waals surface area contributed by atoms with E-state index in [1.54, 1.807) is 6.08 Å². The van der Waals surface area contributed by atoms with Gasteiger partial charge in [0.05, 0.1) is 47.8 Å². The van der Waals surface area contributed by atoms with Crippen molar-refractivity contribution in [3.05, 3.63) is 70.8 Å². The van der Waals surface area contributed by atoms with Crippen LogP contribution in [0, 0.1) is 22.7 Å². The van der Waals surface area contributed by atoms with Crippen molar-refractivity contribution >= 4 is 39.9 Å². The Bertz CT molecular complexity index is 1250. The van der Waals surface area contributed by atoms with E-state index < -0.39 is 0 Å². The number of allylic oxidation sites excluding steroid dienone is 2. The number of nitrogens with zero attached hydrogens (tertiary/aromatic N) is 5. The molecule has 2 aromatic carbocycles. The third kappa shape index (κ3) is 6.73. The lowest BCUT2D eigenvalue weighted by molar-refractivity contribution is 0.340. The number of hydrogen-bond acceptors (Lipinski definition) is 10. The van der Waals surface area contributed by atoms with Crippen molar-refractivity contribution in [2.24, 2.45) is 4.99 Å². The first-order valence-corrected chi connectivity index (χ1v) is 13.9. The quantitative estimate of drug-likeness (QED) is 0.455. The van der Waals surface area contributed by atoms with Gasteiger partial charge in [-0.1, -0.05) is 23.5 Å². The summed E-state index contributed by atoms with van der Waals surface area (Å²) in [5.41, 5.74) is 2.95. The molecule has 2 heterocycles. The first-order valence-electron chi connectivity index (χ1n) is 11.9. The maximum atomic E-state index is 9.83. The van der Waals surface area contributed by atoms with Crippen LogP contribution in [0.5, 0.6) is 11.5 Å². The standard InChI is InChI=1S/C27H28N6O2S2/c1-3-34-24-9-5-22(6-10-24)32-16-30-26(36-18-32)20(14-28)13-21(15-29)27-31-17-33(19-37-27)23-7-11-25(12-8-23)35-4-2/h5-13,30H,3-4,16-19H2,1-2H3. The van der Waals surface area contributed by atoms with Crippen molar-refractivity contribution in [3.63, 3.8) is 0 Å². The molecule has 8 nitrogen and oxygen atoms in total. The normalized spacial score (nSPS) is 17.2. The Balaban J connectivity index is 1.41. The molecule has 1 fully saturated rings. The van der Waals surface area contributed by atoms with Crippen LogP contribution in [-0.4, -0.2) is 43.3 Å². The van der Waals surface area contributed by atoms with Crippen LogP contribution in [0.2, 0.25) is 0 Å². The highest BCUT2D eigenvalue weighted by Gasteiger charge is 2.20. The molecule has 0 radical (unpaired) electrons. The van der Waals surface area contributed by atoms with Crippen molar-refractivity contribution in [1.29, 1.82) is 10.5 Å². The number of ether oxygens (including phenoxy) is 2. The summed E-state index contributed by atoms with van der Waals surface area (Å²) in [4.78, 5) is 8.92. The predicted molar refractivity (Wildman–Crippen MR) is 152 cm³/mol. The van der Waals surface area contributed by atoms with Gasteiger partial charge in [-0.25, -0.2) is 0 Å². The van der Waals surface area contributed by atoms with E-state index in [9.17, 15) is 10.5 Å². The van der Waals surface area contributed by atoms with Gasteiger partial charge >= 0.3 is 0 Å². The molecule has 37 heavy (non-hydrogen) atoms. The summed E-state index contributed by atoms with van der Waals surface area (Å²) in [6.45, 7) is 6.19. The van der Waals surface area contributed by atoms with E-state index in [1.165, 1.54) is 23.5 Å². The van der Waals surface area contributed by atoms with Gasteiger partial charge in [-0.2, -0.15) is 10.5 Å². The molecule has 1 N–H and O–H groups in total. The fourth-order valence-electron chi connectivity index (χ4n) is 3.71. The summed E-state index contributed by atoms with van der Waals surface area (Å²) >= 11 is 3.03. The van der Waals surface area contributed by atoms with Gasteiger partial charge in [0.25, 0.3) is 0 Å². The van der Waals surface area contributed by atoms with Crippen LogP contribution in [0.3, 0.4) is 0 Å². The Kier molecular flexibility index (Phi) is 9.25. The number of benzene rings is 2. The van der Waals surface area contributed by atoms with Gasteiger partial charge in [0, 0.05) is 11.4 Å². The summed E-state index contributed by atoms with van der Waals surface area (Å²) in [5.74, 6) is 3.03. The van der Waals surface area contributed by atoms with Gasteiger partial charge in [-0.3, -0.25) is 4.99 Å². The van der Waals surface area contributed by atoms with Gasteiger partial charge in [-0.05, 0) is 68.5 Å². The monoisotopic (exact) mass is 532 g/mol. The number of aliphatic imine (C=N–C) groups is 1. The molecule has 190 valence electrons. The molecule has 0 atom stereocenters. The molecular formula is C27H28N6O2S2. The topological polar surface area (TPSA) is 96.9 Å². The fraction of sp³-hybridized carbons (Fsp3) is 0.296. The Morgan fingerprint density at radius 3 is 1.97 bits per heavy atom. The molecule has 1 saturated heterocycles. The smallest absolute Gasteiger partial charge is 0.119 e. The molecule has 2 aliphatic heterocycles. The van der Waals surface area contributed by atoms with E-state index in [4.69, 9.17) is 9.47 Å². The first-order chi connectivity index (χ1) is 18.1. The second-order valence-electron chi connectivity index (χ2n) is 7.94. The average Bonchev–Trinajstić information content (AvgIpc) is 2.95. The summed E-state index contributed by atoms with van der Waals surface area (Å²) in [7, 11) is 0. The average molecular weight is 533 g/mol. The summed E-state index contributed by atoms with van der Waals surface area (Å²) in [6.07, 6.45) is 1.64. The van der Waals surface area contributed by atoms with E-state index in [-0.39, 0.29) is 0 Å². The van der Waals surface area contributed by atoms with E-state index in [0.29, 0.717) is 54.5 Å². The molecule has 10 heteroatoms. The lowest BCUT2D eigenvalue weighted by atomic mass is 10.2. The Hall–Kier alpha value is -3.73. The van der Waals surface area contributed by atoms with Crippen LogP contribution in [-0.2, 0) is 0 Å². The van der Waals surface area contributed by atoms with Gasteiger partial charge in [-0.15, -0.1) is 0 Å². The number of rotatable bonds is 8. The molecule has 2 aliphatic rings. The van der Waals surface area contributed by atoms with Gasteiger partial charge in [0.2, 0.25) is 0 Å². The molecule has 2 aromatic rings. The number of hydrogen-bond donors (Lipinski definition) is 1. The lowest BCUT2D eigenvalue weighted by Crippen LogP contribution is -2.38. The Morgan fingerprint density at radius 1 is 0.919 bits per heavy atom. The summed E-state index contributed by atoms with van der Waals surface area (Å²) < 4.78 is 11.0. The molecule has 0 aliphatic carbocycles. The predicted octanol–water partition coefficient (Wildman–Crippen LogP) is 5.29. The lowest BCUT2D eigenvalue weighted by Gasteiger charge is -2.31. The molecule has 0 spiro atoms. The van der Waals surface area contributed by atoms with Gasteiger partial charge < -0.3 is 24.6 Å². The molecule has 0 saturated carbocycles. The van der Waals surface area contributed by atoms with Crippen molar-refractivity contribution in [2.45, 2.75) is 13.8 Å². The van der Waals surface area contributed by atoms with Crippen LogP contribution in [0.15, 0.2) is 75.8 Å². The summed E-state index contributed by atoms with van der Waals surface area (Å²) in [6, 6.07) is 20.3. The van der Waals surface area contributed by atoms with Gasteiger partial charge in [0.1, 0.15) is 35.3 Å². The maximum absolute atomic E-state index is 9.83. The van der Waals surface area contributed by atoms with E-state index in [1.807, 2.05) is 62.4 Å². The molecular weight excluding hydrogens is 504 g/mol. The highest BCUT2D eigenvalue weighted by molar-refractivity contribution is 8.14. The fourth-order valence-corrected chi connectivity index (χ4v) is 5.58. The Labute approximate surface area is 226 Å². The van der Waals surface area contributed by atoms with Gasteiger partial charge in [0.15, 0.2) is 0 Å².